The van der Waals surface area contributed by atoms with Crippen LogP contribution in [0.15, 0.2) is 48.3 Å². The molecule has 2 aromatic rings. The lowest BCUT2D eigenvalue weighted by atomic mass is 9.68. The van der Waals surface area contributed by atoms with E-state index in [1.54, 1.807) is 13.1 Å². The highest BCUT2D eigenvalue weighted by Gasteiger charge is 2.56. The number of rotatable bonds is 1. The van der Waals surface area contributed by atoms with Crippen molar-refractivity contribution in [1.29, 1.82) is 0 Å². The summed E-state index contributed by atoms with van der Waals surface area (Å²) in [6.45, 7) is 3.10. The summed E-state index contributed by atoms with van der Waals surface area (Å²) in [6, 6.07) is 10.5. The van der Waals surface area contributed by atoms with Gasteiger partial charge in [-0.15, -0.1) is 0 Å². The normalized spacial score (nSPS) is 27.9. The van der Waals surface area contributed by atoms with Crippen LogP contribution in [0.2, 0.25) is 0 Å². The van der Waals surface area contributed by atoms with Crippen LogP contribution < -0.4 is 10.5 Å². The molecule has 5 nitrogen and oxygen atoms in total. The predicted molar refractivity (Wildman–Crippen MR) is 111 cm³/mol. The topological polar surface area (TPSA) is 64.8 Å². The summed E-state index contributed by atoms with van der Waals surface area (Å²) >= 11 is 0. The summed E-state index contributed by atoms with van der Waals surface area (Å²) < 4.78 is 26.2. The van der Waals surface area contributed by atoms with Crippen molar-refractivity contribution in [1.82, 2.24) is 4.90 Å². The van der Waals surface area contributed by atoms with Crippen molar-refractivity contribution in [3.8, 4) is 16.9 Å². The van der Waals surface area contributed by atoms with Gasteiger partial charge in [0.1, 0.15) is 28.4 Å². The lowest BCUT2D eigenvalue weighted by molar-refractivity contribution is -0.138. The maximum atomic E-state index is 13.9. The van der Waals surface area contributed by atoms with Gasteiger partial charge in [0, 0.05) is 25.6 Å². The molecule has 3 aliphatic rings. The van der Waals surface area contributed by atoms with Crippen LogP contribution in [0.5, 0.6) is 5.75 Å². The smallest absolute Gasteiger partial charge is 0.242 e. The Morgan fingerprint density at radius 3 is 2.73 bits per heavy atom. The summed E-state index contributed by atoms with van der Waals surface area (Å²) in [4.78, 5) is 15.0. The van der Waals surface area contributed by atoms with Gasteiger partial charge >= 0.3 is 0 Å². The zero-order valence-electron chi connectivity index (χ0n) is 17.2. The van der Waals surface area contributed by atoms with E-state index in [0.29, 0.717) is 31.2 Å². The van der Waals surface area contributed by atoms with Crippen LogP contribution in [-0.2, 0) is 14.9 Å². The highest BCUT2D eigenvalue weighted by atomic mass is 19.1. The predicted octanol–water partition coefficient (Wildman–Crippen LogP) is 3.64. The number of hydrogen-bond donors (Lipinski definition) is 1. The van der Waals surface area contributed by atoms with Crippen LogP contribution in [0.4, 0.5) is 4.39 Å². The van der Waals surface area contributed by atoms with Gasteiger partial charge < -0.3 is 20.1 Å². The number of nitrogens with zero attached hydrogens (tertiary/aromatic N) is 1. The number of carbonyl (C=O) groups excluding carboxylic acids is 1. The fourth-order valence-corrected chi connectivity index (χ4v) is 5.11. The maximum absolute atomic E-state index is 13.9. The van der Waals surface area contributed by atoms with Gasteiger partial charge in [0.15, 0.2) is 0 Å². The number of benzene rings is 2. The van der Waals surface area contributed by atoms with Crippen molar-refractivity contribution in [2.24, 2.45) is 5.73 Å². The van der Waals surface area contributed by atoms with E-state index < -0.39 is 11.0 Å². The minimum absolute atomic E-state index is 0.0670. The third-order valence-electron chi connectivity index (χ3n) is 6.65. The number of likely N-dealkylation sites (N-methyl/N-ethyl adjacent to an activating group) is 1. The number of ether oxygens (including phenoxy) is 2. The molecule has 0 radical (unpaired) electrons. The van der Waals surface area contributed by atoms with E-state index in [1.807, 2.05) is 31.2 Å². The Hall–Kier alpha value is -2.86. The molecule has 3 heterocycles. The molecule has 0 aromatic heterocycles. The second kappa shape index (κ2) is 6.57. The Balaban J connectivity index is 1.70. The second-order valence-corrected chi connectivity index (χ2v) is 8.69. The SMILES string of the molecule is Cc1ccc(F)cc1-c1ccc2c(c1)C1(C=C(N)N(C)C1=O)C[C@]1(CCCOC1)O2. The monoisotopic (exact) mass is 408 g/mol. The van der Waals surface area contributed by atoms with Crippen LogP contribution in [0.25, 0.3) is 11.1 Å². The molecule has 0 saturated carbocycles. The third kappa shape index (κ3) is 2.74. The van der Waals surface area contributed by atoms with E-state index in [2.05, 4.69) is 0 Å². The van der Waals surface area contributed by atoms with Crippen LogP contribution in [0, 0.1) is 12.7 Å². The first kappa shape index (κ1) is 19.1. The summed E-state index contributed by atoms with van der Waals surface area (Å²) in [7, 11) is 1.70. The Kier molecular flexibility index (Phi) is 4.19. The Morgan fingerprint density at radius 2 is 2.03 bits per heavy atom. The number of amides is 1. The van der Waals surface area contributed by atoms with E-state index in [1.165, 1.54) is 17.0 Å². The first-order chi connectivity index (χ1) is 14.3. The van der Waals surface area contributed by atoms with Gasteiger partial charge in [-0.05, 0) is 66.8 Å². The Bertz CT molecular complexity index is 1070. The molecule has 1 saturated heterocycles. The zero-order valence-corrected chi connectivity index (χ0v) is 17.2. The van der Waals surface area contributed by atoms with Crippen LogP contribution >= 0.6 is 0 Å². The molecule has 2 N–H and O–H groups in total. The molecule has 0 bridgehead atoms. The molecule has 30 heavy (non-hydrogen) atoms. The van der Waals surface area contributed by atoms with Gasteiger partial charge in [-0.1, -0.05) is 12.1 Å². The summed E-state index contributed by atoms with van der Waals surface area (Å²) in [5.41, 5.74) is 8.10. The highest BCUT2D eigenvalue weighted by Crippen LogP contribution is 2.52. The number of carbonyl (C=O) groups is 1. The molecule has 2 aromatic carbocycles. The average Bonchev–Trinajstić information content (AvgIpc) is 2.94. The summed E-state index contributed by atoms with van der Waals surface area (Å²) in [5, 5.41) is 0. The zero-order chi connectivity index (χ0) is 21.1. The van der Waals surface area contributed by atoms with Crippen molar-refractivity contribution in [2.75, 3.05) is 20.3 Å². The highest BCUT2D eigenvalue weighted by molar-refractivity contribution is 5.96. The number of nitrogens with two attached hydrogens (primary N) is 1. The molecule has 6 heteroatoms. The molecule has 5 rings (SSSR count). The van der Waals surface area contributed by atoms with E-state index >= 15 is 0 Å². The van der Waals surface area contributed by atoms with Crippen molar-refractivity contribution in [3.05, 3.63) is 65.2 Å². The van der Waals surface area contributed by atoms with E-state index in [0.717, 1.165) is 35.1 Å². The quantitative estimate of drug-likeness (QED) is 0.783. The molecule has 1 fully saturated rings. The van der Waals surface area contributed by atoms with Crippen molar-refractivity contribution in [3.63, 3.8) is 0 Å². The lowest BCUT2D eigenvalue weighted by Gasteiger charge is -2.47. The number of aryl methyl sites for hydroxylation is 1. The summed E-state index contributed by atoms with van der Waals surface area (Å²) in [6.07, 6.45) is 4.04. The first-order valence-electron chi connectivity index (χ1n) is 10.3. The fourth-order valence-electron chi connectivity index (χ4n) is 5.11. The van der Waals surface area contributed by atoms with Crippen molar-refractivity contribution >= 4 is 5.91 Å². The van der Waals surface area contributed by atoms with Gasteiger partial charge in [-0.3, -0.25) is 4.79 Å². The first-order valence-corrected chi connectivity index (χ1v) is 10.3. The number of hydrogen-bond acceptors (Lipinski definition) is 4. The van der Waals surface area contributed by atoms with Crippen LogP contribution in [0.1, 0.15) is 30.4 Å². The van der Waals surface area contributed by atoms with E-state index in [-0.39, 0.29) is 11.7 Å². The largest absolute Gasteiger partial charge is 0.484 e. The maximum Gasteiger partial charge on any atom is 0.242 e. The van der Waals surface area contributed by atoms with E-state index in [9.17, 15) is 9.18 Å². The van der Waals surface area contributed by atoms with Crippen LogP contribution in [-0.4, -0.2) is 36.7 Å². The average molecular weight is 408 g/mol. The molecule has 1 amide bonds. The molecule has 2 atom stereocenters. The molecular formula is C24H25FN2O3. The second-order valence-electron chi connectivity index (χ2n) is 8.69. The van der Waals surface area contributed by atoms with Gasteiger partial charge in [-0.25, -0.2) is 4.39 Å². The molecule has 156 valence electrons. The standard InChI is InChI=1S/C24H25FN2O3/c1-15-4-6-17(25)11-18(15)16-5-7-20-19(10-16)24(12-21(26)27(2)22(24)28)13-23(30-20)8-3-9-29-14-23/h4-7,10-12H,3,8-9,13-14,26H2,1-2H3/t23-,24?/m0/s1. The molecule has 2 spiro atoms. The van der Waals surface area contributed by atoms with E-state index in [4.69, 9.17) is 15.2 Å². The third-order valence-corrected chi connectivity index (χ3v) is 6.65. The van der Waals surface area contributed by atoms with Gasteiger partial charge in [0.05, 0.1) is 6.61 Å². The number of halogens is 1. The minimum atomic E-state index is -0.912. The van der Waals surface area contributed by atoms with Crippen molar-refractivity contribution in [2.45, 2.75) is 37.2 Å². The fraction of sp³-hybridized carbons (Fsp3) is 0.375. The minimum Gasteiger partial charge on any atom is -0.484 e. The molecule has 0 aliphatic carbocycles. The van der Waals surface area contributed by atoms with Gasteiger partial charge in [0.2, 0.25) is 5.91 Å². The number of fused-ring (bicyclic) bond motifs is 2. The van der Waals surface area contributed by atoms with Crippen molar-refractivity contribution < 1.29 is 18.7 Å². The Labute approximate surface area is 175 Å². The molecular weight excluding hydrogens is 383 g/mol. The summed E-state index contributed by atoms with van der Waals surface area (Å²) in [5.74, 6) is 0.741. The van der Waals surface area contributed by atoms with Crippen LogP contribution in [0.3, 0.4) is 0 Å². The van der Waals surface area contributed by atoms with Gasteiger partial charge in [0.25, 0.3) is 0 Å². The molecule has 3 aliphatic heterocycles. The lowest BCUT2D eigenvalue weighted by Crippen LogP contribution is -2.55. The van der Waals surface area contributed by atoms with Gasteiger partial charge in [-0.2, -0.15) is 0 Å². The Morgan fingerprint density at radius 1 is 1.20 bits per heavy atom. The molecule has 1 unspecified atom stereocenters.